The first-order chi connectivity index (χ1) is 22.3. The number of methoxy groups -OCH3 is 2. The van der Waals surface area contributed by atoms with Crippen LogP contribution < -0.4 is 0 Å². The van der Waals surface area contributed by atoms with Gasteiger partial charge in [0.2, 0.25) is 11.6 Å². The second-order valence-corrected chi connectivity index (χ2v) is 12.6. The fourth-order valence-electron chi connectivity index (χ4n) is 8.12. The molecule has 5 rings (SSSR count). The van der Waals surface area contributed by atoms with E-state index in [-0.39, 0.29) is 88.4 Å². The summed E-state index contributed by atoms with van der Waals surface area (Å²) in [7, 11) is 4.48. The predicted octanol–water partition coefficient (Wildman–Crippen LogP) is 2.13. The van der Waals surface area contributed by atoms with Crippen LogP contribution in [-0.2, 0) is 47.7 Å². The number of esters is 1. The van der Waals surface area contributed by atoms with Crippen molar-refractivity contribution in [2.45, 2.75) is 90.7 Å². The van der Waals surface area contributed by atoms with Crippen LogP contribution in [0, 0.1) is 0 Å². The quantitative estimate of drug-likeness (QED) is 0.205. The Labute approximate surface area is 274 Å². The van der Waals surface area contributed by atoms with Crippen molar-refractivity contribution in [2.24, 2.45) is 0 Å². The lowest BCUT2D eigenvalue weighted by Gasteiger charge is -2.63. The Morgan fingerprint density at radius 1 is 0.894 bits per heavy atom. The molecule has 2 bridgehead atoms. The Morgan fingerprint density at radius 2 is 1.49 bits per heavy atom. The topological polar surface area (TPSA) is 146 Å². The van der Waals surface area contributed by atoms with Gasteiger partial charge in [-0.05, 0) is 55.0 Å². The summed E-state index contributed by atoms with van der Waals surface area (Å²) < 4.78 is 22.9. The number of piperazine rings is 1. The molecule has 3 heterocycles. The van der Waals surface area contributed by atoms with Gasteiger partial charge in [-0.25, -0.2) is 4.79 Å². The van der Waals surface area contributed by atoms with E-state index in [1.165, 1.54) is 28.1 Å². The number of likely N-dealkylation sites (N-methyl/N-ethyl adjacent to an activating group) is 1. The second kappa shape index (κ2) is 12.9. The third-order valence-electron chi connectivity index (χ3n) is 10.2. The monoisotopic (exact) mass is 650 g/mol. The fraction of sp³-hybridized carbons (Fsp3) is 0.543. The molecule has 6 unspecified atom stereocenters. The molecule has 0 radical (unpaired) electrons. The van der Waals surface area contributed by atoms with E-state index >= 15 is 0 Å². The summed E-state index contributed by atoms with van der Waals surface area (Å²) in [6.07, 6.45) is 0.732. The van der Waals surface area contributed by atoms with Crippen LogP contribution >= 0.6 is 0 Å². The van der Waals surface area contributed by atoms with Crippen LogP contribution in [0.1, 0.15) is 54.4 Å². The first-order valence-corrected chi connectivity index (χ1v) is 15.8. The molecule has 12 nitrogen and oxygen atoms in total. The van der Waals surface area contributed by atoms with Crippen molar-refractivity contribution in [3.8, 4) is 0 Å². The average molecular weight is 651 g/mol. The largest absolute Gasteiger partial charge is 0.492 e. The van der Waals surface area contributed by atoms with Crippen LogP contribution in [0.25, 0.3) is 0 Å². The lowest BCUT2D eigenvalue weighted by molar-refractivity contribution is -0.153. The van der Waals surface area contributed by atoms with Crippen LogP contribution in [0.4, 0.5) is 0 Å². The number of rotatable bonds is 9. The molecular weight excluding hydrogens is 608 g/mol. The lowest BCUT2D eigenvalue weighted by atomic mass is 9.66. The van der Waals surface area contributed by atoms with Gasteiger partial charge in [0.1, 0.15) is 18.5 Å². The van der Waals surface area contributed by atoms with Crippen molar-refractivity contribution < 1.29 is 47.7 Å². The van der Waals surface area contributed by atoms with E-state index in [1.54, 1.807) is 33.8 Å². The van der Waals surface area contributed by atoms with Crippen molar-refractivity contribution in [3.63, 3.8) is 0 Å². The summed E-state index contributed by atoms with van der Waals surface area (Å²) >= 11 is 0. The molecule has 1 saturated heterocycles. The Bertz CT molecular complexity index is 1640. The Kier molecular flexibility index (Phi) is 9.42. The van der Waals surface area contributed by atoms with Gasteiger partial charge in [0, 0.05) is 64.1 Å². The van der Waals surface area contributed by atoms with E-state index in [9.17, 15) is 28.8 Å². The minimum atomic E-state index is -0.979. The van der Waals surface area contributed by atoms with Crippen molar-refractivity contribution in [1.29, 1.82) is 0 Å². The number of hydrogen-bond acceptors (Lipinski definition) is 12. The summed E-state index contributed by atoms with van der Waals surface area (Å²) in [6.45, 7) is 9.52. The zero-order valence-corrected chi connectivity index (χ0v) is 28.3. The van der Waals surface area contributed by atoms with Gasteiger partial charge in [-0.15, -0.1) is 0 Å². The van der Waals surface area contributed by atoms with E-state index in [2.05, 4.69) is 0 Å². The molecule has 5 aliphatic rings. The molecule has 252 valence electrons. The Morgan fingerprint density at radius 3 is 2.04 bits per heavy atom. The average Bonchev–Trinajstić information content (AvgIpc) is 3.03. The standard InChI is InChI=1S/C35H42N2O10/c1-10-15(3)35(43)47-14-22-23-19(28(39)17(5)32(44-8)30(23)41)13-21-26-24-25(29(40)18(6)33(45-9)31(24)42)34(46-11-2)27(36(26)7)20(37(21)22)12-16(4)38/h10,20-22,26-27,34H,11-14H2,1-9H3. The number of allylic oxidation sites excluding steroid dienone is 5. The first-order valence-electron chi connectivity index (χ1n) is 15.8. The highest BCUT2D eigenvalue weighted by Crippen LogP contribution is 2.50. The predicted molar refractivity (Wildman–Crippen MR) is 168 cm³/mol. The number of ketones is 5. The molecule has 2 aliphatic carbocycles. The molecule has 0 spiro atoms. The highest BCUT2D eigenvalue weighted by molar-refractivity contribution is 6.26. The van der Waals surface area contributed by atoms with Crippen molar-refractivity contribution in [3.05, 3.63) is 56.6 Å². The SMILES string of the molecule is CC=C(C)C(=O)OCC1C2=C(CC3C4C5=C(C(=O)C(C)=C(OC)C5=O)C(OCC)C(C(CC(C)=O)N13)N4C)C(=O)C(C)=C(OC)C2=O. The van der Waals surface area contributed by atoms with E-state index < -0.39 is 53.8 Å². The number of carbonyl (C=O) groups is 6. The minimum absolute atomic E-state index is 0.000215. The molecule has 0 aromatic carbocycles. The van der Waals surface area contributed by atoms with Gasteiger partial charge >= 0.3 is 5.97 Å². The van der Waals surface area contributed by atoms with E-state index in [0.717, 1.165) is 0 Å². The molecule has 0 saturated carbocycles. The number of nitrogens with zero attached hydrogens (tertiary/aromatic N) is 2. The Balaban J connectivity index is 1.79. The van der Waals surface area contributed by atoms with Crippen LogP contribution in [-0.4, -0.2) is 115 Å². The van der Waals surface area contributed by atoms with E-state index in [4.69, 9.17) is 18.9 Å². The molecular formula is C35H42N2O10. The maximum Gasteiger partial charge on any atom is 0.333 e. The molecule has 0 N–H and O–H groups in total. The van der Waals surface area contributed by atoms with Crippen LogP contribution in [0.5, 0.6) is 0 Å². The lowest BCUT2D eigenvalue weighted by Crippen LogP contribution is -2.77. The molecule has 12 heteroatoms. The maximum atomic E-state index is 14.2. The van der Waals surface area contributed by atoms with Gasteiger partial charge in [0.05, 0.1) is 32.3 Å². The van der Waals surface area contributed by atoms with Crippen LogP contribution in [0.2, 0.25) is 0 Å². The van der Waals surface area contributed by atoms with Crippen molar-refractivity contribution in [2.75, 3.05) is 34.5 Å². The van der Waals surface area contributed by atoms with Crippen molar-refractivity contribution >= 4 is 34.9 Å². The molecule has 0 amide bonds. The number of carbonyl (C=O) groups excluding carboxylic acids is 6. The zero-order valence-electron chi connectivity index (χ0n) is 28.3. The molecule has 3 aliphatic heterocycles. The highest BCUT2D eigenvalue weighted by Gasteiger charge is 2.62. The summed E-state index contributed by atoms with van der Waals surface area (Å²) in [4.78, 5) is 86.2. The van der Waals surface area contributed by atoms with Gasteiger partial charge in [-0.1, -0.05) is 6.08 Å². The number of Topliss-reactive ketones (excluding diaryl/α,β-unsaturated/α-hetero) is 5. The van der Waals surface area contributed by atoms with Crippen LogP contribution in [0.3, 0.4) is 0 Å². The Hall–Kier alpha value is -4.00. The van der Waals surface area contributed by atoms with Gasteiger partial charge < -0.3 is 18.9 Å². The van der Waals surface area contributed by atoms with Gasteiger partial charge in [-0.3, -0.25) is 33.8 Å². The fourth-order valence-corrected chi connectivity index (χ4v) is 8.12. The normalized spacial score (nSPS) is 30.0. The highest BCUT2D eigenvalue weighted by atomic mass is 16.5. The smallest absolute Gasteiger partial charge is 0.333 e. The molecule has 47 heavy (non-hydrogen) atoms. The number of fused-ring (bicyclic) bond motifs is 5. The summed E-state index contributed by atoms with van der Waals surface area (Å²) in [5.41, 5.74) is 1.47. The maximum absolute atomic E-state index is 14.2. The number of ether oxygens (including phenoxy) is 4. The third-order valence-corrected chi connectivity index (χ3v) is 10.2. The van der Waals surface area contributed by atoms with Gasteiger partial charge in [-0.2, -0.15) is 0 Å². The van der Waals surface area contributed by atoms with Gasteiger partial charge in [0.25, 0.3) is 0 Å². The summed E-state index contributed by atoms with van der Waals surface area (Å²) in [5, 5.41) is 0. The molecule has 6 atom stereocenters. The second-order valence-electron chi connectivity index (χ2n) is 12.6. The zero-order chi connectivity index (χ0) is 34.6. The molecule has 0 aromatic heterocycles. The third kappa shape index (κ3) is 5.17. The van der Waals surface area contributed by atoms with Gasteiger partial charge in [0.15, 0.2) is 23.1 Å². The summed E-state index contributed by atoms with van der Waals surface area (Å²) in [5.74, 6) is -2.63. The summed E-state index contributed by atoms with van der Waals surface area (Å²) in [6, 6.07) is -3.71. The van der Waals surface area contributed by atoms with E-state index in [0.29, 0.717) is 5.57 Å². The minimum Gasteiger partial charge on any atom is -0.492 e. The number of hydrogen-bond donors (Lipinski definition) is 0. The molecule has 0 aromatic rings. The first kappa shape index (κ1) is 34.3. The molecule has 1 fully saturated rings. The van der Waals surface area contributed by atoms with Crippen molar-refractivity contribution in [1.82, 2.24) is 9.80 Å². The van der Waals surface area contributed by atoms with E-state index in [1.807, 2.05) is 16.8 Å². The van der Waals surface area contributed by atoms with Crippen LogP contribution in [0.15, 0.2) is 56.6 Å².